The first-order valence-electron chi connectivity index (χ1n) is 10.1. The Labute approximate surface area is 157 Å². The molecule has 2 fully saturated rings. The maximum atomic E-state index is 12.0. The molecule has 0 aromatic heterocycles. The highest BCUT2D eigenvalue weighted by molar-refractivity contribution is 5.75. The van der Waals surface area contributed by atoms with Crippen molar-refractivity contribution in [2.75, 3.05) is 39.8 Å². The smallest absolute Gasteiger partial charge is 0.220 e. The molecule has 1 amide bonds. The second-order valence-corrected chi connectivity index (χ2v) is 7.77. The van der Waals surface area contributed by atoms with Crippen LogP contribution in [0.5, 0.6) is 5.75 Å². The molecule has 0 spiro atoms. The average molecular weight is 360 g/mol. The molecule has 3 rings (SSSR count). The number of nitrogens with one attached hydrogen (secondary N) is 2. The summed E-state index contributed by atoms with van der Waals surface area (Å²) in [4.78, 5) is 14.6. The van der Waals surface area contributed by atoms with Crippen LogP contribution in [-0.4, -0.2) is 50.6 Å². The molecule has 144 valence electrons. The summed E-state index contributed by atoms with van der Waals surface area (Å²) in [5, 5.41) is 6.53. The number of methoxy groups -OCH3 is 1. The lowest BCUT2D eigenvalue weighted by molar-refractivity contribution is -0.121. The number of hydrogen-bond acceptors (Lipinski definition) is 4. The summed E-state index contributed by atoms with van der Waals surface area (Å²) < 4.78 is 5.21. The number of piperidine rings is 1. The summed E-state index contributed by atoms with van der Waals surface area (Å²) in [7, 11) is 1.70. The van der Waals surface area contributed by atoms with E-state index in [2.05, 4.69) is 27.7 Å². The third-order valence-electron chi connectivity index (χ3n) is 5.80. The van der Waals surface area contributed by atoms with Crippen molar-refractivity contribution in [1.82, 2.24) is 15.5 Å². The van der Waals surface area contributed by atoms with Crippen LogP contribution in [0.4, 0.5) is 0 Å². The predicted molar refractivity (Wildman–Crippen MR) is 104 cm³/mol. The molecule has 2 saturated heterocycles. The van der Waals surface area contributed by atoms with Crippen LogP contribution in [0.15, 0.2) is 24.3 Å². The highest BCUT2D eigenvalue weighted by Gasteiger charge is 2.20. The Morgan fingerprint density at radius 3 is 2.62 bits per heavy atom. The summed E-state index contributed by atoms with van der Waals surface area (Å²) in [6.45, 7) is 6.26. The Balaban J connectivity index is 1.29. The molecule has 1 unspecified atom stereocenters. The molecular weight excluding hydrogens is 326 g/mol. The Morgan fingerprint density at radius 2 is 1.96 bits per heavy atom. The fraction of sp³-hybridized carbons (Fsp3) is 0.667. The van der Waals surface area contributed by atoms with Crippen molar-refractivity contribution < 1.29 is 9.53 Å². The molecule has 2 aliphatic rings. The molecule has 2 N–H and O–H groups in total. The number of amides is 1. The normalized spacial score (nSPS) is 21.7. The van der Waals surface area contributed by atoms with Gasteiger partial charge in [-0.2, -0.15) is 0 Å². The first kappa shape index (κ1) is 19.2. The van der Waals surface area contributed by atoms with Gasteiger partial charge < -0.3 is 15.4 Å². The summed E-state index contributed by atoms with van der Waals surface area (Å²) in [6, 6.07) is 8.34. The van der Waals surface area contributed by atoms with Gasteiger partial charge in [-0.25, -0.2) is 0 Å². The third kappa shape index (κ3) is 5.99. The van der Waals surface area contributed by atoms with Gasteiger partial charge in [-0.1, -0.05) is 12.1 Å². The number of ether oxygens (including phenoxy) is 1. The lowest BCUT2D eigenvalue weighted by Crippen LogP contribution is -2.38. The van der Waals surface area contributed by atoms with E-state index >= 15 is 0 Å². The maximum Gasteiger partial charge on any atom is 0.220 e. The highest BCUT2D eigenvalue weighted by Crippen LogP contribution is 2.20. The molecular formula is C21H33N3O2. The summed E-state index contributed by atoms with van der Waals surface area (Å²) >= 11 is 0. The monoisotopic (exact) mass is 359 g/mol. The van der Waals surface area contributed by atoms with E-state index in [0.29, 0.717) is 18.3 Å². The number of benzene rings is 1. The SMILES string of the molecule is COc1ccc(CN2CCC(CNC(=O)CCC3CCNC3)CC2)cc1. The van der Waals surface area contributed by atoms with Gasteiger partial charge in [-0.15, -0.1) is 0 Å². The minimum atomic E-state index is 0.234. The zero-order chi connectivity index (χ0) is 18.2. The van der Waals surface area contributed by atoms with Crippen LogP contribution >= 0.6 is 0 Å². The number of likely N-dealkylation sites (tertiary alicyclic amines) is 1. The molecule has 5 heteroatoms. The van der Waals surface area contributed by atoms with Gasteiger partial charge >= 0.3 is 0 Å². The molecule has 0 saturated carbocycles. The van der Waals surface area contributed by atoms with Gasteiger partial charge in [0.25, 0.3) is 0 Å². The molecule has 26 heavy (non-hydrogen) atoms. The van der Waals surface area contributed by atoms with Gasteiger partial charge in [0.15, 0.2) is 0 Å². The van der Waals surface area contributed by atoms with E-state index < -0.39 is 0 Å². The standard InChI is InChI=1S/C21H33N3O2/c1-26-20-5-2-19(3-6-20)16-24-12-9-18(10-13-24)15-23-21(25)7-4-17-8-11-22-14-17/h2-3,5-6,17-18,22H,4,7-16H2,1H3,(H,23,25). The Hall–Kier alpha value is -1.59. The Kier molecular flexibility index (Phi) is 7.32. The van der Waals surface area contributed by atoms with E-state index in [1.54, 1.807) is 7.11 Å². The summed E-state index contributed by atoms with van der Waals surface area (Å²) in [5.74, 6) is 2.46. The minimum Gasteiger partial charge on any atom is -0.497 e. The second kappa shape index (κ2) is 9.93. The topological polar surface area (TPSA) is 53.6 Å². The van der Waals surface area contributed by atoms with Crippen molar-refractivity contribution in [2.45, 2.75) is 38.6 Å². The highest BCUT2D eigenvalue weighted by atomic mass is 16.5. The van der Waals surface area contributed by atoms with E-state index in [4.69, 9.17) is 4.74 Å². The van der Waals surface area contributed by atoms with Crippen LogP contribution in [0.1, 0.15) is 37.7 Å². The lowest BCUT2D eigenvalue weighted by atomic mass is 9.96. The van der Waals surface area contributed by atoms with Gasteiger partial charge in [-0.05, 0) is 81.4 Å². The van der Waals surface area contributed by atoms with Crippen LogP contribution < -0.4 is 15.4 Å². The Bertz CT molecular complexity index is 547. The fourth-order valence-corrected chi connectivity index (χ4v) is 3.98. The maximum absolute atomic E-state index is 12.0. The van der Waals surface area contributed by atoms with E-state index in [9.17, 15) is 4.79 Å². The number of carbonyl (C=O) groups is 1. The molecule has 2 heterocycles. The van der Waals surface area contributed by atoms with E-state index in [1.165, 1.54) is 24.8 Å². The first-order valence-corrected chi connectivity index (χ1v) is 10.1. The van der Waals surface area contributed by atoms with Gasteiger partial charge in [-0.3, -0.25) is 9.69 Å². The molecule has 0 radical (unpaired) electrons. The van der Waals surface area contributed by atoms with Crippen LogP contribution in [0.3, 0.4) is 0 Å². The largest absolute Gasteiger partial charge is 0.497 e. The number of hydrogen-bond donors (Lipinski definition) is 2. The van der Waals surface area contributed by atoms with Gasteiger partial charge in [0, 0.05) is 19.5 Å². The van der Waals surface area contributed by atoms with Crippen LogP contribution in [-0.2, 0) is 11.3 Å². The molecule has 2 aliphatic heterocycles. The van der Waals surface area contributed by atoms with Gasteiger partial charge in [0.1, 0.15) is 5.75 Å². The van der Waals surface area contributed by atoms with Crippen molar-refractivity contribution in [3.05, 3.63) is 29.8 Å². The van der Waals surface area contributed by atoms with Crippen LogP contribution in [0.25, 0.3) is 0 Å². The number of nitrogens with zero attached hydrogens (tertiary/aromatic N) is 1. The molecule has 0 bridgehead atoms. The zero-order valence-electron chi connectivity index (χ0n) is 16.0. The summed E-state index contributed by atoms with van der Waals surface area (Å²) in [5.41, 5.74) is 1.33. The molecule has 1 atom stereocenters. The number of rotatable bonds is 8. The molecule has 1 aromatic rings. The third-order valence-corrected chi connectivity index (χ3v) is 5.80. The van der Waals surface area contributed by atoms with Crippen molar-refractivity contribution in [1.29, 1.82) is 0 Å². The van der Waals surface area contributed by atoms with Crippen LogP contribution in [0, 0.1) is 11.8 Å². The Morgan fingerprint density at radius 1 is 1.19 bits per heavy atom. The molecule has 0 aliphatic carbocycles. The van der Waals surface area contributed by atoms with E-state index in [0.717, 1.165) is 51.4 Å². The van der Waals surface area contributed by atoms with Crippen molar-refractivity contribution in [3.8, 4) is 5.75 Å². The minimum absolute atomic E-state index is 0.234. The fourth-order valence-electron chi connectivity index (χ4n) is 3.98. The quantitative estimate of drug-likeness (QED) is 0.748. The first-order chi connectivity index (χ1) is 12.7. The van der Waals surface area contributed by atoms with Crippen molar-refractivity contribution in [3.63, 3.8) is 0 Å². The predicted octanol–water partition coefficient (Wildman–Crippen LogP) is 2.41. The zero-order valence-corrected chi connectivity index (χ0v) is 16.0. The van der Waals surface area contributed by atoms with Crippen molar-refractivity contribution >= 4 is 5.91 Å². The van der Waals surface area contributed by atoms with Crippen molar-refractivity contribution in [2.24, 2.45) is 11.8 Å². The van der Waals surface area contributed by atoms with E-state index in [-0.39, 0.29) is 5.91 Å². The van der Waals surface area contributed by atoms with Gasteiger partial charge in [0.05, 0.1) is 7.11 Å². The average Bonchev–Trinajstić information content (AvgIpc) is 3.20. The summed E-state index contributed by atoms with van der Waals surface area (Å²) in [6.07, 6.45) is 5.27. The number of carbonyl (C=O) groups excluding carboxylic acids is 1. The molecule has 5 nitrogen and oxygen atoms in total. The van der Waals surface area contributed by atoms with Gasteiger partial charge in [0.2, 0.25) is 5.91 Å². The van der Waals surface area contributed by atoms with Crippen LogP contribution in [0.2, 0.25) is 0 Å². The second-order valence-electron chi connectivity index (χ2n) is 7.77. The molecule has 1 aromatic carbocycles. The lowest BCUT2D eigenvalue weighted by Gasteiger charge is -2.32. The van der Waals surface area contributed by atoms with E-state index in [1.807, 2.05) is 12.1 Å².